The molecule has 2 aromatic heterocycles. The monoisotopic (exact) mass is 765 g/mol. The number of nitrogens with one attached hydrogen (secondary N) is 1. The molecule has 0 bridgehead atoms. The minimum absolute atomic E-state index is 0.0188. The molecule has 1 aliphatic carbocycles. The van der Waals surface area contributed by atoms with E-state index in [-0.39, 0.29) is 35.6 Å². The quantitative estimate of drug-likeness (QED) is 0.173. The second kappa shape index (κ2) is 16.1. The number of hydrogen-bond donors (Lipinski definition) is 1. The summed E-state index contributed by atoms with van der Waals surface area (Å²) in [4.78, 5) is 34.0. The zero-order valence-corrected chi connectivity index (χ0v) is 30.7. The highest BCUT2D eigenvalue weighted by molar-refractivity contribution is 5.95. The predicted octanol–water partition coefficient (Wildman–Crippen LogP) is 6.98. The van der Waals surface area contributed by atoms with Crippen LogP contribution in [0, 0.1) is 5.82 Å². The number of halogens is 5. The molecule has 7 rings (SSSR count). The Morgan fingerprint density at radius 2 is 1.65 bits per heavy atom. The molecule has 15 heteroatoms. The van der Waals surface area contributed by atoms with Gasteiger partial charge in [0.05, 0.1) is 35.7 Å². The molecule has 0 spiro atoms. The molecule has 1 N–H and O–H groups in total. The van der Waals surface area contributed by atoms with E-state index in [4.69, 9.17) is 4.74 Å². The highest BCUT2D eigenvalue weighted by Crippen LogP contribution is 2.33. The van der Waals surface area contributed by atoms with Crippen molar-refractivity contribution < 1.29 is 31.5 Å². The van der Waals surface area contributed by atoms with Gasteiger partial charge in [-0.2, -0.15) is 23.4 Å². The number of likely N-dealkylation sites (tertiary alicyclic amines) is 2. The van der Waals surface area contributed by atoms with Crippen LogP contribution in [0.2, 0.25) is 0 Å². The summed E-state index contributed by atoms with van der Waals surface area (Å²) >= 11 is 0. The maximum absolute atomic E-state index is 15.8. The number of amides is 1. The maximum atomic E-state index is 15.8. The smallest absolute Gasteiger partial charge is 0.434 e. The van der Waals surface area contributed by atoms with E-state index in [0.717, 1.165) is 53.9 Å². The Labute approximate surface area is 315 Å². The first kappa shape index (κ1) is 38.5. The van der Waals surface area contributed by atoms with Crippen LogP contribution in [0.1, 0.15) is 85.6 Å². The molecule has 292 valence electrons. The summed E-state index contributed by atoms with van der Waals surface area (Å²) in [6, 6.07) is 12.6. The summed E-state index contributed by atoms with van der Waals surface area (Å²) in [5.74, 6) is -1.50. The molecule has 2 aliphatic heterocycles. The molecule has 4 aromatic rings. The number of piperidine rings is 2. The second-order valence-corrected chi connectivity index (χ2v) is 15.0. The van der Waals surface area contributed by atoms with Gasteiger partial charge in [0.2, 0.25) is 0 Å². The molecule has 10 nitrogen and oxygen atoms in total. The Hall–Kier alpha value is -4.76. The first-order chi connectivity index (χ1) is 26.3. The molecule has 3 fully saturated rings. The van der Waals surface area contributed by atoms with Crippen LogP contribution < -0.4 is 15.6 Å². The second-order valence-electron chi connectivity index (χ2n) is 15.0. The summed E-state index contributed by atoms with van der Waals surface area (Å²) in [6.07, 6.45) is 0.971. The summed E-state index contributed by atoms with van der Waals surface area (Å²) in [5.41, 5.74) is -0.451. The summed E-state index contributed by atoms with van der Waals surface area (Å²) in [7, 11) is 0. The van der Waals surface area contributed by atoms with Crippen LogP contribution in [0.15, 0.2) is 65.7 Å². The lowest BCUT2D eigenvalue weighted by atomic mass is 9.88. The molecule has 2 atom stereocenters. The molecule has 55 heavy (non-hydrogen) atoms. The number of rotatable bonds is 10. The van der Waals surface area contributed by atoms with Gasteiger partial charge in [0.15, 0.2) is 5.69 Å². The third-order valence-corrected chi connectivity index (χ3v) is 11.1. The van der Waals surface area contributed by atoms with Crippen molar-refractivity contribution in [3.63, 3.8) is 0 Å². The van der Waals surface area contributed by atoms with E-state index in [2.05, 4.69) is 30.3 Å². The maximum Gasteiger partial charge on any atom is 0.434 e. The third kappa shape index (κ3) is 8.88. The Morgan fingerprint density at radius 3 is 2.27 bits per heavy atom. The molecule has 0 radical (unpaired) electrons. The summed E-state index contributed by atoms with van der Waals surface area (Å²) < 4.78 is 78.6. The van der Waals surface area contributed by atoms with Crippen molar-refractivity contribution in [1.29, 1.82) is 0 Å². The Bertz CT molecular complexity index is 2030. The van der Waals surface area contributed by atoms with Gasteiger partial charge in [-0.3, -0.25) is 14.5 Å². The number of ether oxygens (including phenoxy) is 1. The first-order valence-electron chi connectivity index (χ1n) is 18.8. The van der Waals surface area contributed by atoms with Crippen LogP contribution in [0.3, 0.4) is 0 Å². The van der Waals surface area contributed by atoms with Crippen LogP contribution in [0.5, 0.6) is 11.5 Å². The number of aromatic nitrogens is 4. The molecule has 2 aromatic carbocycles. The minimum atomic E-state index is -4.83. The molecule has 1 amide bonds. The zero-order chi connectivity index (χ0) is 38.9. The number of carbonyl (C=O) groups excluding carboxylic acids is 1. The van der Waals surface area contributed by atoms with Crippen molar-refractivity contribution in [2.24, 2.45) is 0 Å². The number of alkyl halides is 4. The Kier molecular flexibility index (Phi) is 11.3. The molecular formula is C40H44F5N7O3. The van der Waals surface area contributed by atoms with E-state index in [1.807, 2.05) is 26.0 Å². The van der Waals surface area contributed by atoms with Crippen LogP contribution >= 0.6 is 0 Å². The van der Waals surface area contributed by atoms with Crippen molar-refractivity contribution in [2.45, 2.75) is 95.3 Å². The molecule has 1 saturated carbocycles. The van der Waals surface area contributed by atoms with Gasteiger partial charge < -0.3 is 19.5 Å². The van der Waals surface area contributed by atoms with E-state index in [1.54, 1.807) is 24.3 Å². The van der Waals surface area contributed by atoms with Gasteiger partial charge in [-0.25, -0.2) is 13.8 Å². The topological polar surface area (TPSA) is 105 Å². The standard InChI is InChI=1S/C40H44F5N7O3/c1-24(2)33-10-11-34(49-48-33)25-6-8-29(9-7-25)55-36-19-30(31(41)18-26(36)21-52-23-37(40(43,44)45)46-20-38(52)53)39(54)47-35-14-17-51(22-32(35)42)28-12-15-50(16-13-28)27-4-3-5-27/h6-11,18-20,23-24,27-28,32,35H,3-5,12-17,21-22H2,1-2H3,(H,47,54). The minimum Gasteiger partial charge on any atom is -0.457 e. The Balaban J connectivity index is 1.09. The van der Waals surface area contributed by atoms with Crippen molar-refractivity contribution >= 4 is 5.91 Å². The fourth-order valence-corrected chi connectivity index (χ4v) is 7.55. The van der Waals surface area contributed by atoms with Crippen LogP contribution in [-0.4, -0.2) is 85.9 Å². The van der Waals surface area contributed by atoms with E-state index < -0.39 is 53.5 Å². The normalized spacial score (nSPS) is 20.4. The van der Waals surface area contributed by atoms with Gasteiger partial charge in [-0.1, -0.05) is 20.3 Å². The summed E-state index contributed by atoms with van der Waals surface area (Å²) in [5, 5.41) is 11.2. The lowest BCUT2D eigenvalue weighted by Crippen LogP contribution is -2.57. The molecule has 2 saturated heterocycles. The fraction of sp³-hybridized carbons (Fsp3) is 0.475. The number of hydrogen-bond acceptors (Lipinski definition) is 8. The van der Waals surface area contributed by atoms with Crippen molar-refractivity contribution in [3.05, 3.63) is 99.6 Å². The lowest BCUT2D eigenvalue weighted by Gasteiger charge is -2.46. The van der Waals surface area contributed by atoms with E-state index in [1.165, 1.54) is 19.3 Å². The van der Waals surface area contributed by atoms with Crippen molar-refractivity contribution in [3.8, 4) is 22.8 Å². The van der Waals surface area contributed by atoms with Gasteiger partial charge in [-0.05, 0) is 99.6 Å². The van der Waals surface area contributed by atoms with Gasteiger partial charge in [0, 0.05) is 42.5 Å². The molecule has 2 unspecified atom stereocenters. The Morgan fingerprint density at radius 1 is 0.945 bits per heavy atom. The fourth-order valence-electron chi connectivity index (χ4n) is 7.55. The predicted molar refractivity (Wildman–Crippen MR) is 195 cm³/mol. The molecule has 4 heterocycles. The van der Waals surface area contributed by atoms with E-state index in [0.29, 0.717) is 37.1 Å². The third-order valence-electron chi connectivity index (χ3n) is 11.1. The van der Waals surface area contributed by atoms with Gasteiger partial charge in [0.25, 0.3) is 11.5 Å². The van der Waals surface area contributed by atoms with Crippen LogP contribution in [0.4, 0.5) is 22.0 Å². The first-order valence-corrected chi connectivity index (χ1v) is 18.8. The van der Waals surface area contributed by atoms with E-state index >= 15 is 8.78 Å². The van der Waals surface area contributed by atoms with Crippen LogP contribution in [-0.2, 0) is 12.7 Å². The number of benzene rings is 2. The average molecular weight is 766 g/mol. The van der Waals surface area contributed by atoms with Gasteiger partial charge in [-0.15, -0.1) is 0 Å². The average Bonchev–Trinajstić information content (AvgIpc) is 3.14. The van der Waals surface area contributed by atoms with Crippen molar-refractivity contribution in [1.82, 2.24) is 34.9 Å². The largest absolute Gasteiger partial charge is 0.457 e. The highest BCUT2D eigenvalue weighted by Gasteiger charge is 2.37. The summed E-state index contributed by atoms with van der Waals surface area (Å²) in [6.45, 7) is 6.27. The van der Waals surface area contributed by atoms with Gasteiger partial charge in [0.1, 0.15) is 23.5 Å². The van der Waals surface area contributed by atoms with E-state index in [9.17, 15) is 22.8 Å². The van der Waals surface area contributed by atoms with Crippen molar-refractivity contribution in [2.75, 3.05) is 26.2 Å². The zero-order valence-electron chi connectivity index (χ0n) is 30.7. The van der Waals surface area contributed by atoms with Gasteiger partial charge >= 0.3 is 6.18 Å². The lowest BCUT2D eigenvalue weighted by molar-refractivity contribution is -0.141. The molecular weight excluding hydrogens is 721 g/mol. The SMILES string of the molecule is CC(C)c1ccc(-c2ccc(Oc3cc(C(=O)NC4CCN(C5CCN(C6CCC6)CC5)CC4F)c(F)cc3Cn3cc(C(F)(F)F)ncc3=O)cc2)nn1. The highest BCUT2D eigenvalue weighted by atomic mass is 19.4. The number of carbonyl (C=O) groups is 1. The molecule has 3 aliphatic rings. The van der Waals surface area contributed by atoms with Crippen LogP contribution in [0.25, 0.3) is 11.3 Å². The number of nitrogens with zero attached hydrogens (tertiary/aromatic N) is 6.